The Morgan fingerprint density at radius 1 is 0.812 bits per heavy atom. The first-order valence-electron chi connectivity index (χ1n) is 21.8. The molecular weight excluding hydrogens is 847 g/mol. The van der Waals surface area contributed by atoms with Crippen molar-refractivity contribution in [2.24, 2.45) is 28.1 Å². The van der Waals surface area contributed by atoms with Crippen LogP contribution in [-0.4, -0.2) is 155 Å². The predicted molar refractivity (Wildman–Crippen MR) is 243 cm³/mol. The van der Waals surface area contributed by atoms with Gasteiger partial charge in [-0.15, -0.1) is 0 Å². The molecule has 1 aliphatic carbocycles. The maximum Gasteiger partial charge on any atom is 0.247 e. The second-order valence-electron chi connectivity index (χ2n) is 16.7. The smallest absolute Gasteiger partial charge is 0.247 e. The molecule has 1 unspecified atom stereocenters. The normalized spacial score (nSPS) is 17.7. The molecule has 21 heteroatoms. The number of aliphatic imine (C=N–C) groups is 1. The zero-order valence-corrected chi connectivity index (χ0v) is 38.8. The molecule has 0 aromatic heterocycles. The van der Waals surface area contributed by atoms with E-state index in [4.69, 9.17) is 17.2 Å². The molecule has 0 saturated heterocycles. The molecule has 0 spiro atoms. The summed E-state index contributed by atoms with van der Waals surface area (Å²) >= 11 is 1.43. The number of carbonyl (C=O) groups is 8. The van der Waals surface area contributed by atoms with Crippen LogP contribution < -0.4 is 38.5 Å². The van der Waals surface area contributed by atoms with Gasteiger partial charge in [0.1, 0.15) is 42.3 Å². The number of fused-ring (bicyclic) bond motifs is 1. The minimum absolute atomic E-state index is 0.0171. The quantitative estimate of drug-likeness (QED) is 0.0367. The number of rotatable bonds is 23. The number of likely N-dealkylation sites (N-methyl/N-ethyl adjacent to an activating group) is 2. The van der Waals surface area contributed by atoms with E-state index in [1.807, 2.05) is 30.5 Å². The molecule has 1 heterocycles. The zero-order valence-electron chi connectivity index (χ0n) is 38.0. The van der Waals surface area contributed by atoms with Crippen molar-refractivity contribution in [3.8, 4) is 0 Å². The second-order valence-corrected chi connectivity index (χ2v) is 17.7. The van der Waals surface area contributed by atoms with E-state index in [1.165, 1.54) is 51.5 Å². The molecule has 1 aromatic carbocycles. The lowest BCUT2D eigenvalue weighted by molar-refractivity contribution is -0.147. The maximum absolute atomic E-state index is 14.8. The van der Waals surface area contributed by atoms with Crippen LogP contribution in [0.25, 0.3) is 0 Å². The third-order valence-corrected chi connectivity index (χ3v) is 12.7. The Morgan fingerprint density at radius 2 is 1.42 bits per heavy atom. The Balaban J connectivity index is 1.91. The number of carbonyl (C=O) groups excluding carboxylic acids is 8. The number of aliphatic hydroxyl groups is 1. The van der Waals surface area contributed by atoms with Crippen LogP contribution in [-0.2, 0) is 51.3 Å². The average molecular weight is 916 g/mol. The number of aliphatic hydroxyl groups excluding tert-OH is 1. The minimum atomic E-state index is -1.44. The SMILES string of the molecule is CSCCC(NC(=O)[C@H]1Cc2ccccc2CN1C(=O)[C@H](CCCN=C(N)N)NC(=O)[C@H](CC1CCCCC1)NC(C)=O)C(=O)N(C)[C@@H](C)C(=O)N[C@@H](CO)C(=O)N(C)[C@@H](C)C(N)=O. The van der Waals surface area contributed by atoms with E-state index in [0.717, 1.165) is 53.0 Å². The van der Waals surface area contributed by atoms with Crippen molar-refractivity contribution in [3.63, 3.8) is 0 Å². The highest BCUT2D eigenvalue weighted by Crippen LogP contribution is 2.28. The summed E-state index contributed by atoms with van der Waals surface area (Å²) in [7, 11) is 2.67. The monoisotopic (exact) mass is 916 g/mol. The lowest BCUT2D eigenvalue weighted by atomic mass is 9.84. The Hall–Kier alpha value is -5.44. The molecule has 1 aromatic rings. The summed E-state index contributed by atoms with van der Waals surface area (Å²) in [4.78, 5) is 115. The molecule has 3 rings (SSSR count). The van der Waals surface area contributed by atoms with E-state index in [1.54, 1.807) is 0 Å². The third-order valence-electron chi connectivity index (χ3n) is 12.1. The van der Waals surface area contributed by atoms with Crippen molar-refractivity contribution < 1.29 is 43.5 Å². The Morgan fingerprint density at radius 3 is 2.02 bits per heavy atom. The molecule has 0 bridgehead atoms. The zero-order chi connectivity index (χ0) is 47.7. The fourth-order valence-corrected chi connectivity index (χ4v) is 8.41. The van der Waals surface area contributed by atoms with Gasteiger partial charge in [-0.25, -0.2) is 0 Å². The Bertz CT molecular complexity index is 1840. The van der Waals surface area contributed by atoms with Crippen LogP contribution in [0, 0.1) is 5.92 Å². The lowest BCUT2D eigenvalue weighted by Gasteiger charge is -2.39. The molecule has 11 N–H and O–H groups in total. The standard InChI is InChI=1S/C43H69N11O9S/c1-25(36(44)57)52(4)41(62)34(24-55)51-37(58)26(2)53(5)40(61)32(18-20-64-6)50-39(60)35-22-29-15-10-11-16-30(29)23-54(35)42(63)31(17-12-19-47-43(45)46)49-38(59)33(48-27(3)56)21-28-13-8-7-9-14-28/h10-11,15-16,25-26,28,31-35,55H,7-9,12-14,17-24H2,1-6H3,(H2,44,57)(H,48,56)(H,49,59)(H,50,60)(H,51,58)(H4,45,46,47)/t25-,26-,31-,32?,33-,34-,35+/m0/s1. The Kier molecular flexibility index (Phi) is 21.3. The number of nitrogens with one attached hydrogen (secondary N) is 4. The summed E-state index contributed by atoms with van der Waals surface area (Å²) in [5.41, 5.74) is 18.0. The molecular formula is C43H69N11O9S. The molecule has 0 radical (unpaired) electrons. The van der Waals surface area contributed by atoms with Gasteiger partial charge in [-0.2, -0.15) is 11.8 Å². The van der Waals surface area contributed by atoms with Crippen molar-refractivity contribution in [1.82, 2.24) is 36.0 Å². The number of hydrogen-bond donors (Lipinski definition) is 8. The number of primary amides is 1. The summed E-state index contributed by atoms with van der Waals surface area (Å²) in [6.07, 6.45) is 7.93. The number of benzene rings is 1. The van der Waals surface area contributed by atoms with Crippen molar-refractivity contribution in [3.05, 3.63) is 35.4 Å². The summed E-state index contributed by atoms with van der Waals surface area (Å²) in [5.74, 6) is -4.54. The molecule has 1 fully saturated rings. The maximum atomic E-state index is 14.8. The summed E-state index contributed by atoms with van der Waals surface area (Å²) in [5, 5.41) is 20.9. The highest BCUT2D eigenvalue weighted by atomic mass is 32.2. The van der Waals surface area contributed by atoms with E-state index in [9.17, 15) is 43.5 Å². The van der Waals surface area contributed by atoms with Crippen LogP contribution >= 0.6 is 11.8 Å². The fourth-order valence-electron chi connectivity index (χ4n) is 7.93. The number of amides is 8. The first-order valence-corrected chi connectivity index (χ1v) is 23.2. The highest BCUT2D eigenvalue weighted by Gasteiger charge is 2.41. The van der Waals surface area contributed by atoms with E-state index in [2.05, 4.69) is 26.3 Å². The number of guanidine groups is 1. The fraction of sp³-hybridized carbons (Fsp3) is 0.651. The van der Waals surface area contributed by atoms with Crippen molar-refractivity contribution in [2.75, 3.05) is 39.3 Å². The predicted octanol–water partition coefficient (Wildman–Crippen LogP) is -1.15. The van der Waals surface area contributed by atoms with E-state index < -0.39 is 90.3 Å². The van der Waals surface area contributed by atoms with Crippen LogP contribution in [0.3, 0.4) is 0 Å². The molecule has 1 aliphatic heterocycles. The topological polar surface area (TPSA) is 305 Å². The first-order chi connectivity index (χ1) is 30.3. The molecule has 7 atom stereocenters. The van der Waals surface area contributed by atoms with Crippen LogP contribution in [0.5, 0.6) is 0 Å². The molecule has 1 saturated carbocycles. The van der Waals surface area contributed by atoms with Gasteiger partial charge in [-0.3, -0.25) is 43.3 Å². The van der Waals surface area contributed by atoms with Crippen molar-refractivity contribution in [2.45, 2.75) is 134 Å². The van der Waals surface area contributed by atoms with Crippen LogP contribution in [0.1, 0.15) is 89.7 Å². The van der Waals surface area contributed by atoms with Gasteiger partial charge in [0.25, 0.3) is 0 Å². The molecule has 8 amide bonds. The largest absolute Gasteiger partial charge is 0.394 e. The van der Waals surface area contributed by atoms with Gasteiger partial charge in [0.2, 0.25) is 47.3 Å². The molecule has 20 nitrogen and oxygen atoms in total. The average Bonchev–Trinajstić information content (AvgIpc) is 3.27. The molecule has 2 aliphatic rings. The van der Waals surface area contributed by atoms with E-state index in [-0.39, 0.29) is 50.1 Å². The van der Waals surface area contributed by atoms with Crippen LogP contribution in [0.2, 0.25) is 0 Å². The van der Waals surface area contributed by atoms with E-state index in [0.29, 0.717) is 18.6 Å². The Labute approximate surface area is 380 Å². The van der Waals surface area contributed by atoms with Gasteiger partial charge >= 0.3 is 0 Å². The molecule has 64 heavy (non-hydrogen) atoms. The van der Waals surface area contributed by atoms with Crippen LogP contribution in [0.15, 0.2) is 29.3 Å². The lowest BCUT2D eigenvalue weighted by Crippen LogP contribution is -2.61. The highest BCUT2D eigenvalue weighted by molar-refractivity contribution is 7.98. The number of hydrogen-bond acceptors (Lipinski definition) is 11. The van der Waals surface area contributed by atoms with Gasteiger partial charge in [-0.05, 0) is 68.6 Å². The van der Waals surface area contributed by atoms with Gasteiger partial charge in [0, 0.05) is 40.5 Å². The van der Waals surface area contributed by atoms with Gasteiger partial charge in [0.05, 0.1) is 6.61 Å². The van der Waals surface area contributed by atoms with Gasteiger partial charge < -0.3 is 58.3 Å². The van der Waals surface area contributed by atoms with Crippen molar-refractivity contribution >= 4 is 65.0 Å². The van der Waals surface area contributed by atoms with Gasteiger partial charge in [0.15, 0.2) is 5.96 Å². The van der Waals surface area contributed by atoms with Gasteiger partial charge in [-0.1, -0.05) is 56.4 Å². The molecule has 356 valence electrons. The summed E-state index contributed by atoms with van der Waals surface area (Å²) in [6, 6.07) is -0.608. The van der Waals surface area contributed by atoms with E-state index >= 15 is 0 Å². The number of nitrogens with zero attached hydrogens (tertiary/aromatic N) is 4. The summed E-state index contributed by atoms with van der Waals surface area (Å²) in [6.45, 7) is 3.53. The van der Waals surface area contributed by atoms with Crippen molar-refractivity contribution in [1.29, 1.82) is 0 Å². The first kappa shape index (κ1) is 52.9. The minimum Gasteiger partial charge on any atom is -0.394 e. The number of nitrogens with two attached hydrogens (primary N) is 3. The van der Waals surface area contributed by atoms with Crippen LogP contribution in [0.4, 0.5) is 0 Å². The summed E-state index contributed by atoms with van der Waals surface area (Å²) < 4.78 is 0. The second kappa shape index (κ2) is 25.8. The third kappa shape index (κ3) is 15.4. The number of thioether (sulfide) groups is 1.